The lowest BCUT2D eigenvalue weighted by molar-refractivity contribution is 0.149. The zero-order valence-corrected chi connectivity index (χ0v) is 13.2. The first-order chi connectivity index (χ1) is 9.02. The Labute approximate surface area is 123 Å². The Balaban J connectivity index is 2.21. The van der Waals surface area contributed by atoms with E-state index in [9.17, 15) is 4.39 Å². The minimum atomic E-state index is -0.217. The first kappa shape index (κ1) is 14.9. The van der Waals surface area contributed by atoms with Gasteiger partial charge in [-0.15, -0.1) is 0 Å². The highest BCUT2D eigenvalue weighted by Crippen LogP contribution is 2.34. The van der Waals surface area contributed by atoms with Gasteiger partial charge in [-0.05, 0) is 66.2 Å². The van der Waals surface area contributed by atoms with Crippen molar-refractivity contribution in [2.45, 2.75) is 38.8 Å². The second-order valence-electron chi connectivity index (χ2n) is 5.66. The van der Waals surface area contributed by atoms with Crippen LogP contribution in [0.3, 0.4) is 0 Å². The maximum Gasteiger partial charge on any atom is 0.137 e. The maximum absolute atomic E-state index is 13.7. The molecule has 1 aromatic rings. The quantitative estimate of drug-likeness (QED) is 0.862. The van der Waals surface area contributed by atoms with Crippen LogP contribution in [0.4, 0.5) is 4.39 Å². The molecule has 2 nitrogen and oxygen atoms in total. The van der Waals surface area contributed by atoms with Gasteiger partial charge in [-0.1, -0.05) is 6.07 Å². The summed E-state index contributed by atoms with van der Waals surface area (Å²) >= 11 is 3.20. The molecule has 0 spiro atoms. The summed E-state index contributed by atoms with van der Waals surface area (Å²) in [6, 6.07) is 5.85. The molecule has 1 fully saturated rings. The number of hydrogen-bond donors (Lipinski definition) is 1. The molecule has 106 valence electrons. The molecule has 0 bridgehead atoms. The van der Waals surface area contributed by atoms with Crippen molar-refractivity contribution in [2.75, 3.05) is 13.1 Å². The summed E-state index contributed by atoms with van der Waals surface area (Å²) < 4.78 is 14.2. The van der Waals surface area contributed by atoms with Crippen molar-refractivity contribution >= 4 is 15.9 Å². The SMILES string of the molecule is CC(C)N(CC1CC1)C(CN)c1ccc(Br)c(F)c1. The zero-order valence-electron chi connectivity index (χ0n) is 11.6. The van der Waals surface area contributed by atoms with E-state index < -0.39 is 0 Å². The predicted molar refractivity (Wildman–Crippen MR) is 80.5 cm³/mol. The van der Waals surface area contributed by atoms with Crippen molar-refractivity contribution in [3.8, 4) is 0 Å². The van der Waals surface area contributed by atoms with Crippen LogP contribution in [0, 0.1) is 11.7 Å². The topological polar surface area (TPSA) is 29.3 Å². The number of nitrogens with zero attached hydrogens (tertiary/aromatic N) is 1. The van der Waals surface area contributed by atoms with Crippen LogP contribution in [-0.4, -0.2) is 24.0 Å². The van der Waals surface area contributed by atoms with Crippen LogP contribution in [0.15, 0.2) is 22.7 Å². The molecule has 0 aromatic heterocycles. The molecule has 4 heteroatoms. The molecule has 2 N–H and O–H groups in total. The van der Waals surface area contributed by atoms with Gasteiger partial charge < -0.3 is 5.73 Å². The van der Waals surface area contributed by atoms with Crippen LogP contribution in [0.1, 0.15) is 38.3 Å². The Morgan fingerprint density at radius 1 is 1.42 bits per heavy atom. The minimum absolute atomic E-state index is 0.100. The van der Waals surface area contributed by atoms with Gasteiger partial charge in [0, 0.05) is 25.2 Å². The number of rotatable bonds is 6. The van der Waals surface area contributed by atoms with Crippen molar-refractivity contribution in [3.05, 3.63) is 34.1 Å². The summed E-state index contributed by atoms with van der Waals surface area (Å²) in [4.78, 5) is 2.40. The number of benzene rings is 1. The van der Waals surface area contributed by atoms with Gasteiger partial charge in [-0.25, -0.2) is 4.39 Å². The van der Waals surface area contributed by atoms with E-state index in [0.717, 1.165) is 18.0 Å². The van der Waals surface area contributed by atoms with E-state index in [4.69, 9.17) is 5.73 Å². The summed E-state index contributed by atoms with van der Waals surface area (Å²) in [6.45, 7) is 5.95. The van der Waals surface area contributed by atoms with E-state index in [0.29, 0.717) is 17.1 Å². The molecule has 0 aliphatic heterocycles. The summed E-state index contributed by atoms with van der Waals surface area (Å²) in [5.74, 6) is 0.586. The normalized spacial score (nSPS) is 17.2. The van der Waals surface area contributed by atoms with Crippen LogP contribution < -0.4 is 5.73 Å². The fourth-order valence-corrected chi connectivity index (χ4v) is 2.73. The summed E-state index contributed by atoms with van der Waals surface area (Å²) in [5, 5.41) is 0. The fourth-order valence-electron chi connectivity index (χ4n) is 2.48. The number of hydrogen-bond acceptors (Lipinski definition) is 2. The lowest BCUT2D eigenvalue weighted by atomic mass is 10.0. The lowest BCUT2D eigenvalue weighted by Crippen LogP contribution is -2.40. The second-order valence-corrected chi connectivity index (χ2v) is 6.51. The molecule has 0 amide bonds. The Morgan fingerprint density at radius 2 is 2.11 bits per heavy atom. The largest absolute Gasteiger partial charge is 0.329 e. The molecule has 1 aliphatic carbocycles. The van der Waals surface area contributed by atoms with E-state index in [1.807, 2.05) is 6.07 Å². The molecule has 1 aliphatic rings. The van der Waals surface area contributed by atoms with Crippen molar-refractivity contribution < 1.29 is 4.39 Å². The average Bonchev–Trinajstić information content (AvgIpc) is 3.17. The van der Waals surface area contributed by atoms with Gasteiger partial charge in [0.1, 0.15) is 5.82 Å². The highest BCUT2D eigenvalue weighted by atomic mass is 79.9. The highest BCUT2D eigenvalue weighted by molar-refractivity contribution is 9.10. The second kappa shape index (κ2) is 6.33. The standard InChI is InChI=1S/C15H22BrFN2/c1-10(2)19(9-11-3-4-11)15(8-18)12-5-6-13(16)14(17)7-12/h5-7,10-11,15H,3-4,8-9,18H2,1-2H3. The van der Waals surface area contributed by atoms with E-state index in [2.05, 4.69) is 34.7 Å². The molecule has 1 saturated carbocycles. The van der Waals surface area contributed by atoms with Gasteiger partial charge in [-0.3, -0.25) is 4.90 Å². The van der Waals surface area contributed by atoms with E-state index in [-0.39, 0.29) is 11.9 Å². The van der Waals surface area contributed by atoms with Crippen molar-refractivity contribution in [1.82, 2.24) is 4.90 Å². The van der Waals surface area contributed by atoms with Crippen LogP contribution >= 0.6 is 15.9 Å². The van der Waals surface area contributed by atoms with Crippen LogP contribution in [0.25, 0.3) is 0 Å². The van der Waals surface area contributed by atoms with E-state index >= 15 is 0 Å². The predicted octanol–water partition coefficient (Wildman–Crippen LogP) is 3.71. The molecule has 0 radical (unpaired) electrons. The van der Waals surface area contributed by atoms with Gasteiger partial charge >= 0.3 is 0 Å². The molecule has 1 aromatic carbocycles. The fraction of sp³-hybridized carbons (Fsp3) is 0.600. The first-order valence-corrected chi connectivity index (χ1v) is 7.73. The van der Waals surface area contributed by atoms with Crippen molar-refractivity contribution in [3.63, 3.8) is 0 Å². The van der Waals surface area contributed by atoms with E-state index in [1.54, 1.807) is 12.1 Å². The van der Waals surface area contributed by atoms with Gasteiger partial charge in [-0.2, -0.15) is 0 Å². The first-order valence-electron chi connectivity index (χ1n) is 6.93. The number of halogens is 2. The number of nitrogens with two attached hydrogens (primary N) is 1. The summed E-state index contributed by atoms with van der Waals surface area (Å²) in [7, 11) is 0. The maximum atomic E-state index is 13.7. The Kier molecular flexibility index (Phi) is 4.98. The molecule has 1 atom stereocenters. The smallest absolute Gasteiger partial charge is 0.137 e. The summed E-state index contributed by atoms with van der Waals surface area (Å²) in [5.41, 5.74) is 6.92. The Hall–Kier alpha value is -0.450. The third-order valence-corrected chi connectivity index (χ3v) is 4.42. The zero-order chi connectivity index (χ0) is 14.0. The minimum Gasteiger partial charge on any atom is -0.329 e. The Morgan fingerprint density at radius 3 is 2.58 bits per heavy atom. The molecular formula is C15H22BrFN2. The van der Waals surface area contributed by atoms with Crippen LogP contribution in [0.5, 0.6) is 0 Å². The molecule has 2 rings (SSSR count). The summed E-state index contributed by atoms with van der Waals surface area (Å²) in [6.07, 6.45) is 2.63. The van der Waals surface area contributed by atoms with Crippen LogP contribution in [-0.2, 0) is 0 Å². The van der Waals surface area contributed by atoms with Gasteiger partial charge in [0.05, 0.1) is 4.47 Å². The van der Waals surface area contributed by atoms with Crippen molar-refractivity contribution in [1.29, 1.82) is 0 Å². The monoisotopic (exact) mass is 328 g/mol. The molecule has 0 saturated heterocycles. The van der Waals surface area contributed by atoms with Crippen molar-refractivity contribution in [2.24, 2.45) is 11.7 Å². The average molecular weight is 329 g/mol. The highest BCUT2D eigenvalue weighted by Gasteiger charge is 2.30. The molecule has 19 heavy (non-hydrogen) atoms. The third-order valence-electron chi connectivity index (χ3n) is 3.78. The van der Waals surface area contributed by atoms with Gasteiger partial charge in [0.25, 0.3) is 0 Å². The van der Waals surface area contributed by atoms with E-state index in [1.165, 1.54) is 12.8 Å². The molecular weight excluding hydrogens is 307 g/mol. The lowest BCUT2D eigenvalue weighted by Gasteiger charge is -2.35. The van der Waals surface area contributed by atoms with Crippen LogP contribution in [0.2, 0.25) is 0 Å². The van der Waals surface area contributed by atoms with Gasteiger partial charge in [0.15, 0.2) is 0 Å². The Bertz CT molecular complexity index is 432. The molecule has 0 heterocycles. The molecule has 1 unspecified atom stereocenters. The van der Waals surface area contributed by atoms with Gasteiger partial charge in [0.2, 0.25) is 0 Å². The third kappa shape index (κ3) is 3.77.